The Morgan fingerprint density at radius 2 is 1.06 bits per heavy atom. The summed E-state index contributed by atoms with van der Waals surface area (Å²) in [7, 11) is 0. The lowest BCUT2D eigenvalue weighted by atomic mass is 10.1. The van der Waals surface area contributed by atoms with Crippen LogP contribution in [0.3, 0.4) is 0 Å². The predicted molar refractivity (Wildman–Crippen MR) is 253 cm³/mol. The van der Waals surface area contributed by atoms with E-state index in [0.29, 0.717) is 49.0 Å². The van der Waals surface area contributed by atoms with E-state index >= 15 is 0 Å². The quantitative estimate of drug-likeness (QED) is 0.112. The number of nitrogens with zero attached hydrogens (tertiary/aromatic N) is 3. The fourth-order valence-corrected chi connectivity index (χ4v) is 8.92. The van der Waals surface area contributed by atoms with Crippen molar-refractivity contribution in [2.45, 2.75) is 129 Å². The predicted octanol–water partition coefficient (Wildman–Crippen LogP) is 9.34. The summed E-state index contributed by atoms with van der Waals surface area (Å²) in [5.41, 5.74) is 6.11. The highest BCUT2D eigenvalue weighted by molar-refractivity contribution is 5.93. The molecule has 4 atom stereocenters. The number of benzene rings is 4. The Labute approximate surface area is 383 Å². The normalized spacial score (nSPS) is 18.8. The van der Waals surface area contributed by atoms with E-state index in [1.807, 2.05) is 150 Å². The highest BCUT2D eigenvalue weighted by Crippen LogP contribution is 2.31. The number of ether oxygens (including phenoxy) is 2. The van der Waals surface area contributed by atoms with Crippen LogP contribution in [0.2, 0.25) is 0 Å². The number of anilines is 2. The first-order chi connectivity index (χ1) is 30.8. The van der Waals surface area contributed by atoms with Gasteiger partial charge in [-0.05, 0) is 128 Å². The molecule has 342 valence electrons. The molecule has 0 saturated carbocycles. The lowest BCUT2D eigenvalue weighted by Gasteiger charge is -2.25. The van der Waals surface area contributed by atoms with Crippen molar-refractivity contribution in [1.29, 1.82) is 0 Å². The highest BCUT2D eigenvalue weighted by Gasteiger charge is 2.40. The zero-order chi connectivity index (χ0) is 46.5. The van der Waals surface area contributed by atoms with E-state index < -0.39 is 0 Å². The molecular weight excluding hydrogens is 819 g/mol. The van der Waals surface area contributed by atoms with Gasteiger partial charge in [-0.1, -0.05) is 59.7 Å². The molecule has 2 aliphatic rings. The standard InChI is InChI=1S/C53H63N5O7/c1-34-11-9-13-36(23-34)25-49(61)57-32-44(64-52(3,4)5)27-42(57)29-47(59)55-40-19-15-38(16-20-40)46-31-54-51(63-46)39-17-21-41(22-18-39)56-48(60)30-43-28-45(65-53(6,7)8)33-58(43)50(62)26-37-14-10-12-35(2)24-37/h9-24,31,42-45H,25-30,32-33H2,1-8H3,(H,55,59)(H,56,60)/t42-,43-,44+,45+/m0/s1. The fraction of sp³-hybridized carbons (Fsp3) is 0.415. The van der Waals surface area contributed by atoms with Crippen molar-refractivity contribution in [3.63, 3.8) is 0 Å². The summed E-state index contributed by atoms with van der Waals surface area (Å²) < 4.78 is 18.7. The molecule has 0 bridgehead atoms. The van der Waals surface area contributed by atoms with Crippen molar-refractivity contribution in [3.8, 4) is 22.8 Å². The Morgan fingerprint density at radius 1 is 0.631 bits per heavy atom. The molecule has 0 aliphatic carbocycles. The minimum atomic E-state index is -0.373. The van der Waals surface area contributed by atoms with Crippen LogP contribution in [0.4, 0.5) is 11.4 Å². The van der Waals surface area contributed by atoms with Crippen molar-refractivity contribution in [3.05, 3.63) is 126 Å². The molecule has 0 radical (unpaired) electrons. The van der Waals surface area contributed by atoms with Crippen LogP contribution in [-0.4, -0.2) is 87.0 Å². The third-order valence-corrected chi connectivity index (χ3v) is 11.5. The molecule has 5 aromatic rings. The minimum Gasteiger partial charge on any atom is -0.436 e. The summed E-state index contributed by atoms with van der Waals surface area (Å²) in [6.45, 7) is 16.9. The Kier molecular flexibility index (Phi) is 14.4. The highest BCUT2D eigenvalue weighted by atomic mass is 16.5. The number of oxazole rings is 1. The minimum absolute atomic E-state index is 0.0146. The van der Waals surface area contributed by atoms with E-state index in [-0.39, 0.29) is 84.8 Å². The number of hydrogen-bond donors (Lipinski definition) is 2. The summed E-state index contributed by atoms with van der Waals surface area (Å²) in [5, 5.41) is 6.01. The Balaban J connectivity index is 0.926. The average Bonchev–Trinajstić information content (AvgIpc) is 3.96. The number of aryl methyl sites for hydroxylation is 2. The van der Waals surface area contributed by atoms with Gasteiger partial charge in [0.05, 0.1) is 42.4 Å². The lowest BCUT2D eigenvalue weighted by molar-refractivity contribution is -0.134. The molecule has 2 saturated heterocycles. The van der Waals surface area contributed by atoms with Crippen molar-refractivity contribution in [1.82, 2.24) is 14.8 Å². The van der Waals surface area contributed by atoms with Gasteiger partial charge < -0.3 is 34.3 Å². The maximum Gasteiger partial charge on any atom is 0.227 e. The van der Waals surface area contributed by atoms with Crippen LogP contribution in [0, 0.1) is 13.8 Å². The molecule has 4 aromatic carbocycles. The van der Waals surface area contributed by atoms with E-state index in [1.54, 1.807) is 18.3 Å². The fourth-order valence-electron chi connectivity index (χ4n) is 8.92. The molecule has 2 aliphatic heterocycles. The van der Waals surface area contributed by atoms with Gasteiger partial charge in [-0.25, -0.2) is 4.98 Å². The van der Waals surface area contributed by atoms with E-state index in [2.05, 4.69) is 15.6 Å². The van der Waals surface area contributed by atoms with Crippen LogP contribution in [0.5, 0.6) is 0 Å². The van der Waals surface area contributed by atoms with Crippen molar-refractivity contribution in [2.24, 2.45) is 0 Å². The summed E-state index contributed by atoms with van der Waals surface area (Å²) in [6.07, 6.45) is 3.35. The molecular formula is C53H63N5O7. The number of rotatable bonds is 14. The molecule has 0 unspecified atom stereocenters. The summed E-state index contributed by atoms with van der Waals surface area (Å²) in [5.74, 6) is 0.575. The Morgan fingerprint density at radius 3 is 1.48 bits per heavy atom. The zero-order valence-corrected chi connectivity index (χ0v) is 39.0. The van der Waals surface area contributed by atoms with E-state index in [0.717, 1.165) is 33.4 Å². The number of likely N-dealkylation sites (tertiary alicyclic amines) is 2. The van der Waals surface area contributed by atoms with Gasteiger partial charge in [0.1, 0.15) is 0 Å². The largest absolute Gasteiger partial charge is 0.436 e. The molecule has 3 heterocycles. The third kappa shape index (κ3) is 13.2. The average molecular weight is 882 g/mol. The molecule has 12 nitrogen and oxygen atoms in total. The van der Waals surface area contributed by atoms with Crippen molar-refractivity contribution >= 4 is 35.0 Å². The number of aromatic nitrogens is 1. The number of carbonyl (C=O) groups is 4. The zero-order valence-electron chi connectivity index (χ0n) is 39.0. The SMILES string of the molecule is Cc1cccc(CC(=O)N2C[C@H](OC(C)(C)C)C[C@H]2CC(=O)Nc2ccc(-c3cnc(-c4ccc(NC(=O)C[C@@H]5C[C@@H](OC(C)(C)C)CN5C(=O)Cc5cccc(C)c5)cc4)o3)cc2)c1. The molecule has 2 N–H and O–H groups in total. The first-order valence-corrected chi connectivity index (χ1v) is 22.6. The van der Waals surface area contributed by atoms with Gasteiger partial charge in [0, 0.05) is 60.5 Å². The van der Waals surface area contributed by atoms with Gasteiger partial charge in [0.2, 0.25) is 29.5 Å². The van der Waals surface area contributed by atoms with Crippen LogP contribution < -0.4 is 10.6 Å². The number of nitrogens with one attached hydrogen (secondary N) is 2. The topological polar surface area (TPSA) is 143 Å². The Hall–Kier alpha value is -6.11. The van der Waals surface area contributed by atoms with Gasteiger partial charge in [0.25, 0.3) is 0 Å². The number of carbonyl (C=O) groups excluding carboxylic acids is 4. The van der Waals surface area contributed by atoms with Gasteiger partial charge in [-0.3, -0.25) is 19.2 Å². The van der Waals surface area contributed by atoms with Crippen molar-refractivity contribution < 1.29 is 33.1 Å². The first kappa shape index (κ1) is 46.9. The van der Waals surface area contributed by atoms with Crippen LogP contribution in [0.25, 0.3) is 22.8 Å². The maximum absolute atomic E-state index is 13.6. The Bertz CT molecular complexity index is 2300. The van der Waals surface area contributed by atoms with Gasteiger partial charge >= 0.3 is 0 Å². The first-order valence-electron chi connectivity index (χ1n) is 22.6. The second-order valence-corrected chi connectivity index (χ2v) is 19.6. The number of amides is 4. The van der Waals surface area contributed by atoms with E-state index in [4.69, 9.17) is 13.9 Å². The molecule has 1 aromatic heterocycles. The molecule has 12 heteroatoms. The van der Waals surface area contributed by atoms with Crippen LogP contribution in [-0.2, 0) is 41.5 Å². The molecule has 2 fully saturated rings. The molecule has 65 heavy (non-hydrogen) atoms. The number of hydrogen-bond acceptors (Lipinski definition) is 8. The van der Waals surface area contributed by atoms with Gasteiger partial charge in [0.15, 0.2) is 5.76 Å². The lowest BCUT2D eigenvalue weighted by Crippen LogP contribution is -2.39. The summed E-state index contributed by atoms with van der Waals surface area (Å²) in [6, 6.07) is 30.0. The smallest absolute Gasteiger partial charge is 0.227 e. The monoisotopic (exact) mass is 881 g/mol. The second kappa shape index (κ2) is 20.0. The molecule has 0 spiro atoms. The van der Waals surface area contributed by atoms with Crippen molar-refractivity contribution in [2.75, 3.05) is 23.7 Å². The summed E-state index contributed by atoms with van der Waals surface area (Å²) in [4.78, 5) is 62.1. The second-order valence-electron chi connectivity index (χ2n) is 19.6. The van der Waals surface area contributed by atoms with Crippen LogP contribution in [0.15, 0.2) is 108 Å². The van der Waals surface area contributed by atoms with Crippen LogP contribution in [0.1, 0.15) is 89.5 Å². The van der Waals surface area contributed by atoms with E-state index in [1.165, 1.54) is 0 Å². The maximum atomic E-state index is 13.6. The van der Waals surface area contributed by atoms with E-state index in [9.17, 15) is 19.2 Å². The van der Waals surface area contributed by atoms with Gasteiger partial charge in [-0.2, -0.15) is 0 Å². The molecule has 4 amide bonds. The molecule has 7 rings (SSSR count). The third-order valence-electron chi connectivity index (χ3n) is 11.5. The summed E-state index contributed by atoms with van der Waals surface area (Å²) >= 11 is 0. The van der Waals surface area contributed by atoms with Gasteiger partial charge in [-0.15, -0.1) is 0 Å². The van der Waals surface area contributed by atoms with Crippen LogP contribution >= 0.6 is 0 Å².